The summed E-state index contributed by atoms with van der Waals surface area (Å²) < 4.78 is 28.6. The van der Waals surface area contributed by atoms with E-state index in [-0.39, 0.29) is 0 Å². The maximum Gasteiger partial charge on any atom is 0.242 e. The van der Waals surface area contributed by atoms with Gasteiger partial charge in [-0.1, -0.05) is 0 Å². The van der Waals surface area contributed by atoms with Crippen molar-refractivity contribution >= 4 is 10.0 Å². The van der Waals surface area contributed by atoms with Gasteiger partial charge >= 0.3 is 0 Å². The lowest BCUT2D eigenvalue weighted by atomic mass is 10.4. The molecule has 0 aliphatic rings. The minimum Gasteiger partial charge on any atom is -0.352 e. The molecule has 0 unspecified atom stereocenters. The fourth-order valence-electron chi connectivity index (χ4n) is 1.77. The molecule has 0 saturated carbocycles. The Hall–Kier alpha value is -0.890. The Morgan fingerprint density at radius 1 is 1.37 bits per heavy atom. The molecule has 0 radical (unpaired) electrons. The van der Waals surface area contributed by atoms with Crippen molar-refractivity contribution in [3.05, 3.63) is 18.0 Å². The maximum absolute atomic E-state index is 12.1. The zero-order valence-electron chi connectivity index (χ0n) is 12.1. The summed E-state index contributed by atoms with van der Waals surface area (Å²) in [7, 11) is 4.22. The van der Waals surface area contributed by atoms with Crippen LogP contribution < -0.4 is 10.0 Å². The van der Waals surface area contributed by atoms with Crippen LogP contribution in [0.3, 0.4) is 0 Å². The largest absolute Gasteiger partial charge is 0.352 e. The summed E-state index contributed by atoms with van der Waals surface area (Å²) in [5.41, 5.74) is 0.941. The summed E-state index contributed by atoms with van der Waals surface area (Å²) in [6.45, 7) is 1.96. The molecule has 0 saturated heterocycles. The van der Waals surface area contributed by atoms with Gasteiger partial charge in [-0.25, -0.2) is 13.1 Å². The zero-order valence-corrected chi connectivity index (χ0v) is 12.9. The van der Waals surface area contributed by atoms with Crippen LogP contribution in [0.25, 0.3) is 0 Å². The Bertz CT molecular complexity index is 494. The molecule has 0 aromatic carbocycles. The normalized spacial score (nSPS) is 12.3. The highest BCUT2D eigenvalue weighted by atomic mass is 32.2. The highest BCUT2D eigenvalue weighted by Gasteiger charge is 2.16. The molecule has 0 aliphatic heterocycles. The van der Waals surface area contributed by atoms with Gasteiger partial charge in [-0.2, -0.15) is 0 Å². The third-order valence-electron chi connectivity index (χ3n) is 2.83. The molecule has 6 nitrogen and oxygen atoms in total. The van der Waals surface area contributed by atoms with Crippen molar-refractivity contribution < 1.29 is 8.42 Å². The van der Waals surface area contributed by atoms with E-state index in [1.54, 1.807) is 12.3 Å². The second kappa shape index (κ2) is 7.04. The van der Waals surface area contributed by atoms with Crippen molar-refractivity contribution in [3.63, 3.8) is 0 Å². The zero-order chi connectivity index (χ0) is 14.5. The standard InChI is InChI=1S/C12H24N4O2S/c1-13-9-11-8-12(10-16(11)4)19(17,18)14-6-5-7-15(2)3/h8,10,13-14H,5-7,9H2,1-4H3. The monoisotopic (exact) mass is 288 g/mol. The van der Waals surface area contributed by atoms with Crippen molar-refractivity contribution in [1.29, 1.82) is 0 Å². The Kier molecular flexibility index (Phi) is 5.99. The van der Waals surface area contributed by atoms with Crippen LogP contribution in [0.2, 0.25) is 0 Å². The lowest BCUT2D eigenvalue weighted by Crippen LogP contribution is -2.27. The Morgan fingerprint density at radius 3 is 2.63 bits per heavy atom. The molecule has 1 rings (SSSR count). The van der Waals surface area contributed by atoms with E-state index in [9.17, 15) is 8.42 Å². The third kappa shape index (κ3) is 4.94. The average molecular weight is 288 g/mol. The van der Waals surface area contributed by atoms with Crippen LogP contribution >= 0.6 is 0 Å². The van der Waals surface area contributed by atoms with Crippen LogP contribution in [0.1, 0.15) is 12.1 Å². The van der Waals surface area contributed by atoms with Gasteiger partial charge in [0.2, 0.25) is 10.0 Å². The van der Waals surface area contributed by atoms with Gasteiger partial charge in [0.1, 0.15) is 0 Å². The van der Waals surface area contributed by atoms with Crippen molar-refractivity contribution in [2.24, 2.45) is 7.05 Å². The number of nitrogens with zero attached hydrogens (tertiary/aromatic N) is 2. The van der Waals surface area contributed by atoms with E-state index in [1.165, 1.54) is 0 Å². The molecular weight excluding hydrogens is 264 g/mol. The third-order valence-corrected chi connectivity index (χ3v) is 4.25. The quantitative estimate of drug-likeness (QED) is 0.660. The van der Waals surface area contributed by atoms with Crippen LogP contribution in [0.4, 0.5) is 0 Å². The first-order valence-electron chi connectivity index (χ1n) is 6.31. The van der Waals surface area contributed by atoms with Gasteiger partial charge < -0.3 is 14.8 Å². The van der Waals surface area contributed by atoms with Gasteiger partial charge in [-0.3, -0.25) is 0 Å². The van der Waals surface area contributed by atoms with Crippen molar-refractivity contribution in [2.75, 3.05) is 34.2 Å². The van der Waals surface area contributed by atoms with E-state index in [4.69, 9.17) is 0 Å². The van der Waals surface area contributed by atoms with E-state index >= 15 is 0 Å². The van der Waals surface area contributed by atoms with E-state index in [0.29, 0.717) is 18.0 Å². The lowest BCUT2D eigenvalue weighted by Gasteiger charge is -2.09. The van der Waals surface area contributed by atoms with Crippen LogP contribution in [0, 0.1) is 0 Å². The fraction of sp³-hybridized carbons (Fsp3) is 0.667. The number of rotatable bonds is 8. The number of aryl methyl sites for hydroxylation is 1. The Labute approximate surface area is 115 Å². The molecule has 7 heteroatoms. The minimum atomic E-state index is -3.40. The predicted molar refractivity (Wildman–Crippen MR) is 76.5 cm³/mol. The predicted octanol–water partition coefficient (Wildman–Crippen LogP) is -0.0255. The van der Waals surface area contributed by atoms with Gasteiger partial charge in [0.05, 0.1) is 4.90 Å². The summed E-state index contributed by atoms with van der Waals surface area (Å²) in [6.07, 6.45) is 2.43. The van der Waals surface area contributed by atoms with Gasteiger partial charge in [-0.15, -0.1) is 0 Å². The first kappa shape index (κ1) is 16.2. The van der Waals surface area contributed by atoms with Crippen molar-refractivity contribution in [3.8, 4) is 0 Å². The van der Waals surface area contributed by atoms with Crippen molar-refractivity contribution in [1.82, 2.24) is 19.5 Å². The van der Waals surface area contributed by atoms with Crippen LogP contribution in [0.5, 0.6) is 0 Å². The van der Waals surface area contributed by atoms with Crippen LogP contribution in [-0.2, 0) is 23.6 Å². The van der Waals surface area contributed by atoms with E-state index in [2.05, 4.69) is 10.0 Å². The lowest BCUT2D eigenvalue weighted by molar-refractivity contribution is 0.400. The SMILES string of the molecule is CNCc1cc(S(=O)(=O)NCCCN(C)C)cn1C. The first-order chi connectivity index (χ1) is 8.86. The molecular formula is C12H24N4O2S. The molecule has 0 bridgehead atoms. The fourth-order valence-corrected chi connectivity index (χ4v) is 2.93. The molecule has 0 aliphatic carbocycles. The van der Waals surface area contributed by atoms with Crippen LogP contribution in [-0.4, -0.2) is 52.1 Å². The molecule has 110 valence electrons. The van der Waals surface area contributed by atoms with E-state index in [0.717, 1.165) is 18.7 Å². The smallest absolute Gasteiger partial charge is 0.242 e. The molecule has 0 spiro atoms. The number of aromatic nitrogens is 1. The summed E-state index contributed by atoms with van der Waals surface area (Å²) >= 11 is 0. The highest BCUT2D eigenvalue weighted by molar-refractivity contribution is 7.89. The Morgan fingerprint density at radius 2 is 2.05 bits per heavy atom. The molecule has 0 amide bonds. The van der Waals surface area contributed by atoms with E-state index < -0.39 is 10.0 Å². The average Bonchev–Trinajstić information content (AvgIpc) is 2.68. The minimum absolute atomic E-state index is 0.324. The molecule has 2 N–H and O–H groups in total. The highest BCUT2D eigenvalue weighted by Crippen LogP contribution is 2.13. The summed E-state index contributed by atoms with van der Waals surface area (Å²) in [6, 6.07) is 1.70. The molecule has 0 fully saturated rings. The Balaban J connectivity index is 2.64. The summed E-state index contributed by atoms with van der Waals surface area (Å²) in [4.78, 5) is 2.35. The second-order valence-corrected chi connectivity index (χ2v) is 6.63. The maximum atomic E-state index is 12.1. The van der Waals surface area contributed by atoms with Crippen LogP contribution in [0.15, 0.2) is 17.2 Å². The van der Waals surface area contributed by atoms with E-state index in [1.807, 2.05) is 37.7 Å². The summed E-state index contributed by atoms with van der Waals surface area (Å²) in [5.74, 6) is 0. The second-order valence-electron chi connectivity index (χ2n) is 4.86. The van der Waals surface area contributed by atoms with Gasteiger partial charge in [0.25, 0.3) is 0 Å². The van der Waals surface area contributed by atoms with Gasteiger partial charge in [0.15, 0.2) is 0 Å². The first-order valence-corrected chi connectivity index (χ1v) is 7.79. The molecule has 19 heavy (non-hydrogen) atoms. The molecule has 1 aromatic heterocycles. The number of hydrogen-bond donors (Lipinski definition) is 2. The van der Waals surface area contributed by atoms with Crippen molar-refractivity contribution in [2.45, 2.75) is 17.9 Å². The molecule has 1 aromatic rings. The summed E-state index contributed by atoms with van der Waals surface area (Å²) in [5, 5.41) is 3.01. The number of nitrogens with one attached hydrogen (secondary N) is 2. The number of sulfonamides is 1. The topological polar surface area (TPSA) is 66.4 Å². The van der Waals surface area contributed by atoms with Gasteiger partial charge in [0, 0.05) is 32.0 Å². The van der Waals surface area contributed by atoms with Gasteiger partial charge in [-0.05, 0) is 40.2 Å². The molecule has 0 atom stereocenters. The molecule has 1 heterocycles. The number of hydrogen-bond acceptors (Lipinski definition) is 4.